The molecule has 1 fully saturated rings. The minimum Gasteiger partial charge on any atom is -0.497 e. The highest BCUT2D eigenvalue weighted by atomic mass is 16.5. The average molecular weight is 290 g/mol. The molecule has 1 amide bonds. The van der Waals surface area contributed by atoms with Crippen LogP contribution in [0, 0.1) is 0 Å². The number of hydrogen-bond donors (Lipinski definition) is 1. The predicted molar refractivity (Wildman–Crippen MR) is 84.6 cm³/mol. The summed E-state index contributed by atoms with van der Waals surface area (Å²) >= 11 is 0. The zero-order chi connectivity index (χ0) is 15.1. The number of carbonyl (C=O) groups excluding carboxylic acids is 1. The lowest BCUT2D eigenvalue weighted by molar-refractivity contribution is -0.133. The van der Waals surface area contributed by atoms with Crippen molar-refractivity contribution in [3.8, 4) is 5.75 Å². The van der Waals surface area contributed by atoms with Crippen LogP contribution in [-0.2, 0) is 11.2 Å². The Kier molecular flexibility index (Phi) is 6.05. The number of carbonyl (C=O) groups is 1. The van der Waals surface area contributed by atoms with E-state index in [4.69, 9.17) is 4.74 Å². The van der Waals surface area contributed by atoms with E-state index in [-0.39, 0.29) is 5.91 Å². The molecule has 21 heavy (non-hydrogen) atoms. The van der Waals surface area contributed by atoms with Crippen LogP contribution in [0.25, 0.3) is 0 Å². The molecule has 1 heterocycles. The maximum absolute atomic E-state index is 12.6. The number of amides is 1. The van der Waals surface area contributed by atoms with Crippen molar-refractivity contribution in [1.29, 1.82) is 0 Å². The van der Waals surface area contributed by atoms with Gasteiger partial charge in [0, 0.05) is 19.1 Å². The summed E-state index contributed by atoms with van der Waals surface area (Å²) < 4.78 is 5.15. The minimum absolute atomic E-state index is 0.232. The van der Waals surface area contributed by atoms with E-state index < -0.39 is 0 Å². The van der Waals surface area contributed by atoms with Gasteiger partial charge in [0.1, 0.15) is 5.75 Å². The van der Waals surface area contributed by atoms with Gasteiger partial charge < -0.3 is 15.0 Å². The van der Waals surface area contributed by atoms with E-state index in [1.807, 2.05) is 24.3 Å². The largest absolute Gasteiger partial charge is 0.497 e. The summed E-state index contributed by atoms with van der Waals surface area (Å²) in [6, 6.07) is 8.12. The standard InChI is InChI=1S/C17H26N2O2/c1-3-11-19(15-5-4-10-18-13-15)17(20)12-14-6-8-16(21-2)9-7-14/h6-9,15,18H,3-5,10-13H2,1-2H3. The highest BCUT2D eigenvalue weighted by molar-refractivity contribution is 5.79. The fourth-order valence-electron chi connectivity index (χ4n) is 2.87. The molecule has 0 bridgehead atoms. The Bertz CT molecular complexity index is 439. The van der Waals surface area contributed by atoms with Crippen LogP contribution in [-0.4, -0.2) is 43.6 Å². The SMILES string of the molecule is CCCN(C(=O)Cc1ccc(OC)cc1)C1CCCNC1. The summed E-state index contributed by atoms with van der Waals surface area (Å²) in [5.41, 5.74) is 1.05. The normalized spacial score (nSPS) is 18.3. The molecule has 1 aromatic carbocycles. The zero-order valence-electron chi connectivity index (χ0n) is 13.1. The fourth-order valence-corrected chi connectivity index (χ4v) is 2.87. The van der Waals surface area contributed by atoms with Crippen molar-refractivity contribution >= 4 is 5.91 Å². The van der Waals surface area contributed by atoms with Crippen LogP contribution >= 0.6 is 0 Å². The number of piperidine rings is 1. The smallest absolute Gasteiger partial charge is 0.227 e. The third kappa shape index (κ3) is 4.46. The van der Waals surface area contributed by atoms with Crippen LogP contribution < -0.4 is 10.1 Å². The minimum atomic E-state index is 0.232. The maximum atomic E-state index is 12.6. The first-order chi connectivity index (χ1) is 10.2. The van der Waals surface area contributed by atoms with Gasteiger partial charge in [-0.3, -0.25) is 4.79 Å². The van der Waals surface area contributed by atoms with E-state index >= 15 is 0 Å². The molecule has 1 aliphatic heterocycles. The van der Waals surface area contributed by atoms with E-state index in [2.05, 4.69) is 17.1 Å². The van der Waals surface area contributed by atoms with Crippen molar-refractivity contribution in [1.82, 2.24) is 10.2 Å². The molecular formula is C17H26N2O2. The first-order valence-electron chi connectivity index (χ1n) is 7.87. The molecule has 0 aliphatic carbocycles. The van der Waals surface area contributed by atoms with Gasteiger partial charge >= 0.3 is 0 Å². The first kappa shape index (κ1) is 15.8. The summed E-state index contributed by atoms with van der Waals surface area (Å²) in [6.07, 6.45) is 3.74. The highest BCUT2D eigenvalue weighted by Gasteiger charge is 2.24. The Morgan fingerprint density at radius 1 is 1.38 bits per heavy atom. The predicted octanol–water partition coefficient (Wildman–Crippen LogP) is 2.23. The molecule has 4 heteroatoms. The third-order valence-electron chi connectivity index (χ3n) is 4.01. The maximum Gasteiger partial charge on any atom is 0.227 e. The monoisotopic (exact) mass is 290 g/mol. The first-order valence-corrected chi connectivity index (χ1v) is 7.87. The Morgan fingerprint density at radius 2 is 2.14 bits per heavy atom. The van der Waals surface area contributed by atoms with Crippen LogP contribution in [0.4, 0.5) is 0 Å². The molecule has 116 valence electrons. The summed E-state index contributed by atoms with van der Waals surface area (Å²) in [5, 5.41) is 3.40. The van der Waals surface area contributed by atoms with E-state index in [1.54, 1.807) is 7.11 Å². The molecule has 1 aliphatic rings. The van der Waals surface area contributed by atoms with E-state index in [9.17, 15) is 4.79 Å². The van der Waals surface area contributed by atoms with Gasteiger partial charge in [-0.25, -0.2) is 0 Å². The molecule has 1 unspecified atom stereocenters. The van der Waals surface area contributed by atoms with Gasteiger partial charge in [-0.1, -0.05) is 19.1 Å². The Labute approximate surface area is 127 Å². The second kappa shape index (κ2) is 8.03. The number of benzene rings is 1. The van der Waals surface area contributed by atoms with Crippen molar-refractivity contribution in [2.45, 2.75) is 38.6 Å². The molecule has 4 nitrogen and oxygen atoms in total. The van der Waals surface area contributed by atoms with Crippen molar-refractivity contribution in [3.63, 3.8) is 0 Å². The third-order valence-corrected chi connectivity index (χ3v) is 4.01. The van der Waals surface area contributed by atoms with E-state index in [0.29, 0.717) is 12.5 Å². The number of methoxy groups -OCH3 is 1. The Morgan fingerprint density at radius 3 is 2.71 bits per heavy atom. The van der Waals surface area contributed by atoms with Crippen LogP contribution in [0.2, 0.25) is 0 Å². The Hall–Kier alpha value is -1.55. The lowest BCUT2D eigenvalue weighted by Crippen LogP contribution is -2.49. The number of nitrogens with one attached hydrogen (secondary N) is 1. The van der Waals surface area contributed by atoms with Gasteiger partial charge in [0.15, 0.2) is 0 Å². The van der Waals surface area contributed by atoms with Crippen LogP contribution in [0.1, 0.15) is 31.7 Å². The molecule has 1 atom stereocenters. The number of ether oxygens (including phenoxy) is 1. The topological polar surface area (TPSA) is 41.6 Å². The molecule has 2 rings (SSSR count). The van der Waals surface area contributed by atoms with Gasteiger partial charge in [0.05, 0.1) is 13.5 Å². The van der Waals surface area contributed by atoms with Crippen LogP contribution in [0.3, 0.4) is 0 Å². The molecule has 1 saturated heterocycles. The van der Waals surface area contributed by atoms with E-state index in [1.165, 1.54) is 0 Å². The summed E-state index contributed by atoms with van der Waals surface area (Å²) in [7, 11) is 1.65. The molecular weight excluding hydrogens is 264 g/mol. The van der Waals surface area contributed by atoms with Gasteiger partial charge in [-0.2, -0.15) is 0 Å². The second-order valence-electron chi connectivity index (χ2n) is 5.61. The van der Waals surface area contributed by atoms with Gasteiger partial charge in [-0.05, 0) is 43.5 Å². The zero-order valence-corrected chi connectivity index (χ0v) is 13.1. The van der Waals surface area contributed by atoms with Crippen molar-refractivity contribution in [2.24, 2.45) is 0 Å². The van der Waals surface area contributed by atoms with Gasteiger partial charge in [0.2, 0.25) is 5.91 Å². The quantitative estimate of drug-likeness (QED) is 0.873. The highest BCUT2D eigenvalue weighted by Crippen LogP contribution is 2.16. The Balaban J connectivity index is 1.99. The molecule has 0 radical (unpaired) electrons. The average Bonchev–Trinajstić information content (AvgIpc) is 2.54. The summed E-state index contributed by atoms with van der Waals surface area (Å²) in [4.78, 5) is 14.7. The second-order valence-corrected chi connectivity index (χ2v) is 5.61. The van der Waals surface area contributed by atoms with Gasteiger partial charge in [-0.15, -0.1) is 0 Å². The van der Waals surface area contributed by atoms with Crippen molar-refractivity contribution < 1.29 is 9.53 Å². The van der Waals surface area contributed by atoms with Crippen LogP contribution in [0.15, 0.2) is 24.3 Å². The number of nitrogens with zero attached hydrogens (tertiary/aromatic N) is 1. The lowest BCUT2D eigenvalue weighted by atomic mass is 10.0. The van der Waals surface area contributed by atoms with E-state index in [0.717, 1.165) is 50.2 Å². The lowest BCUT2D eigenvalue weighted by Gasteiger charge is -2.34. The number of rotatable bonds is 6. The van der Waals surface area contributed by atoms with Crippen LogP contribution in [0.5, 0.6) is 5.75 Å². The number of hydrogen-bond acceptors (Lipinski definition) is 3. The molecule has 0 saturated carbocycles. The molecule has 0 aromatic heterocycles. The molecule has 1 N–H and O–H groups in total. The van der Waals surface area contributed by atoms with Crippen molar-refractivity contribution in [2.75, 3.05) is 26.7 Å². The molecule has 1 aromatic rings. The fraction of sp³-hybridized carbons (Fsp3) is 0.588. The van der Waals surface area contributed by atoms with Gasteiger partial charge in [0.25, 0.3) is 0 Å². The molecule has 0 spiro atoms. The van der Waals surface area contributed by atoms with Crippen molar-refractivity contribution in [3.05, 3.63) is 29.8 Å². The summed E-state index contributed by atoms with van der Waals surface area (Å²) in [5.74, 6) is 1.06. The summed E-state index contributed by atoms with van der Waals surface area (Å²) in [6.45, 7) is 4.97.